The van der Waals surface area contributed by atoms with Gasteiger partial charge >= 0.3 is 0 Å². The Hall–Kier alpha value is -3.31. The van der Waals surface area contributed by atoms with Crippen molar-refractivity contribution in [2.75, 3.05) is 17.2 Å². The fourth-order valence-electron chi connectivity index (χ4n) is 2.42. The lowest BCUT2D eigenvalue weighted by atomic mass is 10.2. The number of rotatable bonds is 6. The largest absolute Gasteiger partial charge is 0.484 e. The number of halogens is 1. The molecule has 0 heterocycles. The molecule has 0 unspecified atom stereocenters. The first kappa shape index (κ1) is 19.5. The minimum atomic E-state index is -0.256. The van der Waals surface area contributed by atoms with Crippen molar-refractivity contribution in [1.29, 1.82) is 0 Å². The molecule has 3 rings (SSSR count). The second-order valence-corrected chi connectivity index (χ2v) is 6.62. The summed E-state index contributed by atoms with van der Waals surface area (Å²) >= 11 is 5.83. The van der Waals surface area contributed by atoms with Crippen LogP contribution >= 0.6 is 11.6 Å². The summed E-state index contributed by atoms with van der Waals surface area (Å²) in [5.74, 6) is 0.00139. The van der Waals surface area contributed by atoms with E-state index in [2.05, 4.69) is 10.6 Å². The molecular formula is C22H19ClN2O3. The normalized spacial score (nSPS) is 10.2. The molecule has 3 aromatic carbocycles. The van der Waals surface area contributed by atoms with Gasteiger partial charge in [-0.05, 0) is 67.6 Å². The molecule has 0 aliphatic heterocycles. The molecular weight excluding hydrogens is 376 g/mol. The molecule has 0 saturated heterocycles. The Kier molecular flexibility index (Phi) is 6.29. The summed E-state index contributed by atoms with van der Waals surface area (Å²) in [6.45, 7) is 1.86. The molecule has 0 aliphatic rings. The zero-order valence-corrected chi connectivity index (χ0v) is 16.0. The number of anilines is 2. The number of carbonyl (C=O) groups is 2. The van der Waals surface area contributed by atoms with Crippen LogP contribution in [0.4, 0.5) is 11.4 Å². The summed E-state index contributed by atoms with van der Waals surface area (Å²) in [5, 5.41) is 6.15. The van der Waals surface area contributed by atoms with Crippen LogP contribution in [-0.4, -0.2) is 18.4 Å². The average molecular weight is 395 g/mol. The smallest absolute Gasteiger partial charge is 0.262 e. The fraction of sp³-hybridized carbons (Fsp3) is 0.0909. The third kappa shape index (κ3) is 5.59. The van der Waals surface area contributed by atoms with Crippen molar-refractivity contribution >= 4 is 34.8 Å². The van der Waals surface area contributed by atoms with E-state index >= 15 is 0 Å². The number of hydrogen-bond donors (Lipinski definition) is 2. The van der Waals surface area contributed by atoms with Gasteiger partial charge in [0, 0.05) is 22.0 Å². The third-order valence-electron chi connectivity index (χ3n) is 3.92. The predicted molar refractivity (Wildman–Crippen MR) is 111 cm³/mol. The Balaban J connectivity index is 1.50. The molecule has 28 heavy (non-hydrogen) atoms. The summed E-state index contributed by atoms with van der Waals surface area (Å²) in [5.41, 5.74) is 2.97. The number of hydrogen-bond acceptors (Lipinski definition) is 3. The maximum absolute atomic E-state index is 12.3. The van der Waals surface area contributed by atoms with Crippen LogP contribution in [0.5, 0.6) is 5.75 Å². The molecule has 0 radical (unpaired) electrons. The highest BCUT2D eigenvalue weighted by Crippen LogP contribution is 2.17. The van der Waals surface area contributed by atoms with Crippen molar-refractivity contribution < 1.29 is 14.3 Å². The highest BCUT2D eigenvalue weighted by Gasteiger charge is 2.08. The molecule has 3 aromatic rings. The van der Waals surface area contributed by atoms with Gasteiger partial charge in [0.15, 0.2) is 6.61 Å². The summed E-state index contributed by atoms with van der Waals surface area (Å²) in [7, 11) is 0. The van der Waals surface area contributed by atoms with E-state index in [0.717, 1.165) is 5.56 Å². The molecule has 0 spiro atoms. The van der Waals surface area contributed by atoms with Crippen LogP contribution in [0.3, 0.4) is 0 Å². The van der Waals surface area contributed by atoms with Gasteiger partial charge in [-0.2, -0.15) is 0 Å². The number of benzene rings is 3. The Morgan fingerprint density at radius 2 is 1.39 bits per heavy atom. The summed E-state index contributed by atoms with van der Waals surface area (Å²) in [4.78, 5) is 24.2. The van der Waals surface area contributed by atoms with E-state index < -0.39 is 0 Å². The van der Waals surface area contributed by atoms with E-state index in [1.165, 1.54) is 0 Å². The third-order valence-corrected chi connectivity index (χ3v) is 4.18. The zero-order valence-electron chi connectivity index (χ0n) is 15.2. The Morgan fingerprint density at radius 3 is 2.04 bits per heavy atom. The summed E-state index contributed by atoms with van der Waals surface area (Å²) in [6, 6.07) is 20.9. The minimum absolute atomic E-state index is 0.121. The number of nitrogens with one attached hydrogen (secondary N) is 2. The van der Waals surface area contributed by atoms with E-state index in [9.17, 15) is 9.59 Å². The Bertz CT molecular complexity index is 953. The van der Waals surface area contributed by atoms with Crippen LogP contribution < -0.4 is 15.4 Å². The average Bonchev–Trinajstić information content (AvgIpc) is 2.70. The van der Waals surface area contributed by atoms with Gasteiger partial charge in [-0.3, -0.25) is 9.59 Å². The zero-order chi connectivity index (χ0) is 19.9. The number of carbonyl (C=O) groups excluding carboxylic acids is 2. The molecule has 0 atom stereocenters. The standard InChI is InChI=1S/C22H19ClN2O3/c1-15-2-8-18(9-3-15)24-21(26)14-28-20-12-4-16(5-13-20)22(27)25-19-10-6-17(23)7-11-19/h2-13H,14H2,1H3,(H,24,26)(H,25,27). The van der Waals surface area contributed by atoms with E-state index in [1.54, 1.807) is 48.5 Å². The molecule has 0 bridgehead atoms. The quantitative estimate of drug-likeness (QED) is 0.623. The van der Waals surface area contributed by atoms with E-state index in [4.69, 9.17) is 16.3 Å². The molecule has 6 heteroatoms. The minimum Gasteiger partial charge on any atom is -0.484 e. The van der Waals surface area contributed by atoms with Crippen LogP contribution in [0.25, 0.3) is 0 Å². The van der Waals surface area contributed by atoms with Crippen molar-refractivity contribution in [1.82, 2.24) is 0 Å². The molecule has 2 amide bonds. The van der Waals surface area contributed by atoms with Crippen molar-refractivity contribution in [2.24, 2.45) is 0 Å². The maximum Gasteiger partial charge on any atom is 0.262 e. The number of amides is 2. The molecule has 2 N–H and O–H groups in total. The van der Waals surface area contributed by atoms with Gasteiger partial charge in [0.1, 0.15) is 5.75 Å². The monoisotopic (exact) mass is 394 g/mol. The molecule has 0 aliphatic carbocycles. The predicted octanol–water partition coefficient (Wildman–Crippen LogP) is 4.92. The van der Waals surface area contributed by atoms with Gasteiger partial charge in [-0.15, -0.1) is 0 Å². The molecule has 0 saturated carbocycles. The summed E-state index contributed by atoms with van der Waals surface area (Å²) in [6.07, 6.45) is 0. The van der Waals surface area contributed by atoms with Crippen LogP contribution in [0.15, 0.2) is 72.8 Å². The second kappa shape index (κ2) is 9.06. The number of ether oxygens (including phenoxy) is 1. The van der Waals surface area contributed by atoms with Crippen LogP contribution in [0, 0.1) is 6.92 Å². The van der Waals surface area contributed by atoms with Gasteiger partial charge in [0.05, 0.1) is 0 Å². The van der Waals surface area contributed by atoms with Crippen LogP contribution in [0.2, 0.25) is 5.02 Å². The van der Waals surface area contributed by atoms with Crippen molar-refractivity contribution in [2.45, 2.75) is 6.92 Å². The van der Waals surface area contributed by atoms with Gasteiger partial charge in [-0.1, -0.05) is 29.3 Å². The van der Waals surface area contributed by atoms with E-state index in [1.807, 2.05) is 31.2 Å². The Labute approximate surface area is 168 Å². The first-order valence-corrected chi connectivity index (χ1v) is 9.04. The highest BCUT2D eigenvalue weighted by molar-refractivity contribution is 6.30. The lowest BCUT2D eigenvalue weighted by Gasteiger charge is -2.09. The second-order valence-electron chi connectivity index (χ2n) is 6.19. The van der Waals surface area contributed by atoms with Gasteiger partial charge in [0.25, 0.3) is 11.8 Å². The molecule has 0 fully saturated rings. The highest BCUT2D eigenvalue weighted by atomic mass is 35.5. The fourth-order valence-corrected chi connectivity index (χ4v) is 2.55. The van der Waals surface area contributed by atoms with Gasteiger partial charge < -0.3 is 15.4 Å². The topological polar surface area (TPSA) is 67.4 Å². The number of aryl methyl sites for hydroxylation is 1. The maximum atomic E-state index is 12.3. The van der Waals surface area contributed by atoms with Gasteiger partial charge in [-0.25, -0.2) is 0 Å². The lowest BCUT2D eigenvalue weighted by Crippen LogP contribution is -2.20. The van der Waals surface area contributed by atoms with Crippen LogP contribution in [0.1, 0.15) is 15.9 Å². The van der Waals surface area contributed by atoms with Gasteiger partial charge in [0.2, 0.25) is 0 Å². The van der Waals surface area contributed by atoms with Crippen molar-refractivity contribution in [3.05, 3.63) is 88.9 Å². The van der Waals surface area contributed by atoms with Crippen LogP contribution in [-0.2, 0) is 4.79 Å². The summed E-state index contributed by atoms with van der Waals surface area (Å²) < 4.78 is 5.47. The van der Waals surface area contributed by atoms with E-state index in [0.29, 0.717) is 27.7 Å². The van der Waals surface area contributed by atoms with Crippen molar-refractivity contribution in [3.8, 4) is 5.75 Å². The van der Waals surface area contributed by atoms with Crippen molar-refractivity contribution in [3.63, 3.8) is 0 Å². The first-order valence-electron chi connectivity index (χ1n) is 8.66. The molecule has 142 valence electrons. The molecule has 0 aromatic heterocycles. The SMILES string of the molecule is Cc1ccc(NC(=O)COc2ccc(C(=O)Nc3ccc(Cl)cc3)cc2)cc1. The first-order chi connectivity index (χ1) is 13.5. The lowest BCUT2D eigenvalue weighted by molar-refractivity contribution is -0.118. The van der Waals surface area contributed by atoms with E-state index in [-0.39, 0.29) is 18.4 Å². The molecule has 5 nitrogen and oxygen atoms in total. The Morgan fingerprint density at radius 1 is 0.821 bits per heavy atom.